The molecule has 6 heteroatoms. The lowest BCUT2D eigenvalue weighted by molar-refractivity contribution is -0.384. The Hall–Kier alpha value is -2.63. The van der Waals surface area contributed by atoms with E-state index in [1.807, 2.05) is 0 Å². The van der Waals surface area contributed by atoms with Gasteiger partial charge in [-0.3, -0.25) is 10.1 Å². The van der Waals surface area contributed by atoms with Crippen molar-refractivity contribution in [3.8, 4) is 5.75 Å². The third kappa shape index (κ3) is 3.19. The molecule has 0 heterocycles. The van der Waals surface area contributed by atoms with Gasteiger partial charge in [-0.25, -0.2) is 4.39 Å². The second kappa shape index (κ2) is 5.34. The minimum Gasteiger partial charge on any atom is -0.508 e. The van der Waals surface area contributed by atoms with Gasteiger partial charge in [0.2, 0.25) is 0 Å². The fourth-order valence-electron chi connectivity index (χ4n) is 1.67. The van der Waals surface area contributed by atoms with Crippen LogP contribution in [0.15, 0.2) is 42.5 Å². The summed E-state index contributed by atoms with van der Waals surface area (Å²) < 4.78 is 13.0. The molecule has 2 N–H and O–H groups in total. The highest BCUT2D eigenvalue weighted by molar-refractivity contribution is 5.61. The van der Waals surface area contributed by atoms with E-state index in [4.69, 9.17) is 0 Å². The minimum absolute atomic E-state index is 0.118. The number of nitrogens with one attached hydrogen (secondary N) is 1. The number of hydrogen-bond acceptors (Lipinski definition) is 4. The van der Waals surface area contributed by atoms with E-state index in [9.17, 15) is 19.6 Å². The molecule has 0 aromatic heterocycles. The number of nitrogens with zero attached hydrogens (tertiary/aromatic N) is 1. The molecule has 0 aliphatic heterocycles. The van der Waals surface area contributed by atoms with Crippen molar-refractivity contribution in [3.05, 3.63) is 64.0 Å². The molecule has 0 bridgehead atoms. The Bertz CT molecular complexity index is 617. The SMILES string of the molecule is O=[N+]([O-])c1cc(F)ccc1NCc1cccc(O)c1. The number of phenolic OH excluding ortho intramolecular Hbond substituents is 1. The van der Waals surface area contributed by atoms with Crippen molar-refractivity contribution in [3.63, 3.8) is 0 Å². The third-order valence-electron chi connectivity index (χ3n) is 2.55. The van der Waals surface area contributed by atoms with Crippen molar-refractivity contribution in [1.29, 1.82) is 0 Å². The summed E-state index contributed by atoms with van der Waals surface area (Å²) in [6.45, 7) is 0.293. The Morgan fingerprint density at radius 1 is 1.26 bits per heavy atom. The molecule has 0 fully saturated rings. The van der Waals surface area contributed by atoms with E-state index in [0.29, 0.717) is 6.54 Å². The first-order valence-corrected chi connectivity index (χ1v) is 5.52. The Balaban J connectivity index is 2.17. The molecular weight excluding hydrogens is 251 g/mol. The molecule has 0 saturated heterocycles. The fraction of sp³-hybridized carbons (Fsp3) is 0.0769. The predicted molar refractivity (Wildman–Crippen MR) is 68.5 cm³/mol. The largest absolute Gasteiger partial charge is 0.508 e. The topological polar surface area (TPSA) is 75.4 Å². The zero-order chi connectivity index (χ0) is 13.8. The zero-order valence-corrected chi connectivity index (χ0v) is 9.84. The first kappa shape index (κ1) is 12.8. The summed E-state index contributed by atoms with van der Waals surface area (Å²) in [6.07, 6.45) is 0. The summed E-state index contributed by atoms with van der Waals surface area (Å²) in [5.41, 5.74) is 0.675. The molecule has 98 valence electrons. The van der Waals surface area contributed by atoms with Crippen LogP contribution in [0.5, 0.6) is 5.75 Å². The van der Waals surface area contributed by atoms with Crippen molar-refractivity contribution < 1.29 is 14.4 Å². The maximum absolute atomic E-state index is 13.0. The van der Waals surface area contributed by atoms with Gasteiger partial charge in [0.05, 0.1) is 11.0 Å². The van der Waals surface area contributed by atoms with E-state index >= 15 is 0 Å². The van der Waals surface area contributed by atoms with Gasteiger partial charge in [0.1, 0.15) is 17.3 Å². The van der Waals surface area contributed by atoms with Crippen molar-refractivity contribution in [2.24, 2.45) is 0 Å². The zero-order valence-electron chi connectivity index (χ0n) is 9.84. The van der Waals surface area contributed by atoms with Crippen LogP contribution in [0, 0.1) is 15.9 Å². The van der Waals surface area contributed by atoms with Crippen LogP contribution in [0.4, 0.5) is 15.8 Å². The molecule has 0 saturated carbocycles. The Kier molecular flexibility index (Phi) is 3.61. The maximum atomic E-state index is 13.0. The normalized spacial score (nSPS) is 10.2. The summed E-state index contributed by atoms with van der Waals surface area (Å²) in [5, 5.41) is 22.9. The van der Waals surface area contributed by atoms with Crippen LogP contribution in [-0.2, 0) is 6.54 Å². The lowest BCUT2D eigenvalue weighted by atomic mass is 10.2. The van der Waals surface area contributed by atoms with E-state index in [-0.39, 0.29) is 17.1 Å². The molecule has 0 aliphatic rings. The molecule has 19 heavy (non-hydrogen) atoms. The first-order chi connectivity index (χ1) is 9.06. The number of anilines is 1. The number of phenols is 1. The molecule has 0 atom stereocenters. The Labute approximate surface area is 108 Å². The van der Waals surface area contributed by atoms with Gasteiger partial charge in [0, 0.05) is 6.54 Å². The number of hydrogen-bond donors (Lipinski definition) is 2. The van der Waals surface area contributed by atoms with Gasteiger partial charge in [0.25, 0.3) is 5.69 Å². The average molecular weight is 262 g/mol. The summed E-state index contributed by atoms with van der Waals surface area (Å²) in [7, 11) is 0. The van der Waals surface area contributed by atoms with Crippen LogP contribution in [0.25, 0.3) is 0 Å². The number of rotatable bonds is 4. The molecule has 2 rings (SSSR count). The van der Waals surface area contributed by atoms with Crippen molar-refractivity contribution in [1.82, 2.24) is 0 Å². The second-order valence-corrected chi connectivity index (χ2v) is 3.94. The van der Waals surface area contributed by atoms with Crippen molar-refractivity contribution in [2.75, 3.05) is 5.32 Å². The van der Waals surface area contributed by atoms with Gasteiger partial charge in [0.15, 0.2) is 0 Å². The molecule has 0 amide bonds. The van der Waals surface area contributed by atoms with Gasteiger partial charge in [-0.2, -0.15) is 0 Å². The van der Waals surface area contributed by atoms with Crippen molar-refractivity contribution >= 4 is 11.4 Å². The summed E-state index contributed by atoms with van der Waals surface area (Å²) >= 11 is 0. The first-order valence-electron chi connectivity index (χ1n) is 5.52. The minimum atomic E-state index is -0.658. The molecule has 0 spiro atoms. The number of halogens is 1. The van der Waals surface area contributed by atoms with Crippen LogP contribution in [0.1, 0.15) is 5.56 Å². The van der Waals surface area contributed by atoms with Gasteiger partial charge >= 0.3 is 0 Å². The number of aromatic hydroxyl groups is 1. The summed E-state index contributed by atoms with van der Waals surface area (Å²) in [5.74, 6) is -0.539. The third-order valence-corrected chi connectivity index (χ3v) is 2.55. The van der Waals surface area contributed by atoms with Crippen LogP contribution in [-0.4, -0.2) is 10.0 Å². The van der Waals surface area contributed by atoms with Crippen LogP contribution in [0.2, 0.25) is 0 Å². The van der Waals surface area contributed by atoms with E-state index in [2.05, 4.69) is 5.32 Å². The number of benzene rings is 2. The smallest absolute Gasteiger partial charge is 0.295 e. The quantitative estimate of drug-likeness (QED) is 0.656. The maximum Gasteiger partial charge on any atom is 0.295 e. The summed E-state index contributed by atoms with van der Waals surface area (Å²) in [6, 6.07) is 9.85. The lowest BCUT2D eigenvalue weighted by Gasteiger charge is -2.07. The van der Waals surface area contributed by atoms with Gasteiger partial charge in [-0.1, -0.05) is 12.1 Å². The number of nitro groups is 1. The Morgan fingerprint density at radius 2 is 2.05 bits per heavy atom. The highest BCUT2D eigenvalue weighted by Gasteiger charge is 2.14. The standard InChI is InChI=1S/C13H11FN2O3/c14-10-4-5-12(13(7-10)16(18)19)15-8-9-2-1-3-11(17)6-9/h1-7,15,17H,8H2. The average Bonchev–Trinajstić information content (AvgIpc) is 2.37. The highest BCUT2D eigenvalue weighted by Crippen LogP contribution is 2.25. The molecular formula is C13H11FN2O3. The monoisotopic (exact) mass is 262 g/mol. The molecule has 2 aromatic rings. The van der Waals surface area contributed by atoms with Crippen LogP contribution >= 0.6 is 0 Å². The molecule has 0 unspecified atom stereocenters. The molecule has 0 aliphatic carbocycles. The van der Waals surface area contributed by atoms with E-state index in [0.717, 1.165) is 17.7 Å². The van der Waals surface area contributed by atoms with Crippen LogP contribution in [0.3, 0.4) is 0 Å². The van der Waals surface area contributed by atoms with E-state index in [1.54, 1.807) is 18.2 Å². The molecule has 2 aromatic carbocycles. The van der Waals surface area contributed by atoms with Gasteiger partial charge < -0.3 is 10.4 Å². The molecule has 0 radical (unpaired) electrons. The van der Waals surface area contributed by atoms with Gasteiger partial charge in [-0.15, -0.1) is 0 Å². The van der Waals surface area contributed by atoms with E-state index < -0.39 is 10.7 Å². The summed E-state index contributed by atoms with van der Waals surface area (Å²) in [4.78, 5) is 10.2. The number of nitro benzene ring substituents is 1. The lowest BCUT2D eigenvalue weighted by Crippen LogP contribution is -2.02. The van der Waals surface area contributed by atoms with Crippen molar-refractivity contribution in [2.45, 2.75) is 6.54 Å². The second-order valence-electron chi connectivity index (χ2n) is 3.94. The fourth-order valence-corrected chi connectivity index (χ4v) is 1.67. The van der Waals surface area contributed by atoms with E-state index in [1.165, 1.54) is 12.1 Å². The predicted octanol–water partition coefficient (Wildman–Crippen LogP) is 3.05. The molecule has 5 nitrogen and oxygen atoms in total. The highest BCUT2D eigenvalue weighted by atomic mass is 19.1. The van der Waals surface area contributed by atoms with Gasteiger partial charge in [-0.05, 0) is 29.8 Å². The Morgan fingerprint density at radius 3 is 2.74 bits per heavy atom. The van der Waals surface area contributed by atoms with Crippen LogP contribution < -0.4 is 5.32 Å².